The van der Waals surface area contributed by atoms with E-state index in [-0.39, 0.29) is 17.8 Å². The molecule has 2 aromatic carbocycles. The van der Waals surface area contributed by atoms with Gasteiger partial charge in [0.15, 0.2) is 0 Å². The fourth-order valence-corrected chi connectivity index (χ4v) is 3.48. The van der Waals surface area contributed by atoms with Crippen LogP contribution < -0.4 is 5.32 Å². The molecule has 0 saturated carbocycles. The van der Waals surface area contributed by atoms with Gasteiger partial charge in [-0.15, -0.1) is 0 Å². The molecule has 31 heavy (non-hydrogen) atoms. The van der Waals surface area contributed by atoms with Crippen LogP contribution >= 0.6 is 0 Å². The number of nitrogens with one attached hydrogen (secondary N) is 1. The van der Waals surface area contributed by atoms with E-state index in [9.17, 15) is 18.0 Å². The molecule has 0 saturated heterocycles. The van der Waals surface area contributed by atoms with Crippen LogP contribution in [0.1, 0.15) is 27.2 Å². The number of benzene rings is 2. The van der Waals surface area contributed by atoms with E-state index >= 15 is 0 Å². The Morgan fingerprint density at radius 3 is 2.58 bits per heavy atom. The van der Waals surface area contributed by atoms with Crippen LogP contribution in [0, 0.1) is 6.92 Å². The average Bonchev–Trinajstić information content (AvgIpc) is 2.76. The van der Waals surface area contributed by atoms with Crippen LogP contribution in [0.5, 0.6) is 0 Å². The predicted octanol–water partition coefficient (Wildman–Crippen LogP) is 5.55. The van der Waals surface area contributed by atoms with Gasteiger partial charge in [-0.1, -0.05) is 42.0 Å². The van der Waals surface area contributed by atoms with E-state index in [1.54, 1.807) is 48.7 Å². The van der Waals surface area contributed by atoms with Gasteiger partial charge in [0.2, 0.25) is 0 Å². The van der Waals surface area contributed by atoms with Gasteiger partial charge in [0.25, 0.3) is 5.91 Å². The molecule has 0 fully saturated rings. The van der Waals surface area contributed by atoms with Crippen molar-refractivity contribution in [3.63, 3.8) is 0 Å². The SMILES string of the molecule is Cc1cccc(-c2ccnc(CNC(=O)c3ccc4cccnc4c3)c2C(F)(F)F)c1. The Morgan fingerprint density at radius 2 is 1.81 bits per heavy atom. The van der Waals surface area contributed by atoms with E-state index in [1.807, 2.05) is 19.1 Å². The normalized spacial score (nSPS) is 11.5. The third-order valence-electron chi connectivity index (χ3n) is 4.93. The summed E-state index contributed by atoms with van der Waals surface area (Å²) in [6.45, 7) is 1.46. The molecule has 7 heteroatoms. The van der Waals surface area contributed by atoms with Crippen molar-refractivity contribution in [2.75, 3.05) is 0 Å². The summed E-state index contributed by atoms with van der Waals surface area (Å²) in [6.07, 6.45) is -1.69. The van der Waals surface area contributed by atoms with Gasteiger partial charge in [-0.25, -0.2) is 0 Å². The number of amides is 1. The zero-order valence-electron chi connectivity index (χ0n) is 16.6. The summed E-state index contributed by atoms with van der Waals surface area (Å²) in [5.41, 5.74) is 1.19. The number of hydrogen-bond donors (Lipinski definition) is 1. The second-order valence-corrected chi connectivity index (χ2v) is 7.14. The third-order valence-corrected chi connectivity index (χ3v) is 4.93. The highest BCUT2D eigenvalue weighted by molar-refractivity contribution is 5.97. The quantitative estimate of drug-likeness (QED) is 0.470. The largest absolute Gasteiger partial charge is 0.418 e. The number of carbonyl (C=O) groups is 1. The fourth-order valence-electron chi connectivity index (χ4n) is 3.48. The van der Waals surface area contributed by atoms with Crippen LogP contribution in [0.4, 0.5) is 13.2 Å². The van der Waals surface area contributed by atoms with Crippen molar-refractivity contribution in [3.8, 4) is 11.1 Å². The van der Waals surface area contributed by atoms with Gasteiger partial charge in [0, 0.05) is 23.3 Å². The topological polar surface area (TPSA) is 54.9 Å². The number of nitrogens with zero attached hydrogens (tertiary/aromatic N) is 2. The number of aryl methyl sites for hydroxylation is 1. The Kier molecular flexibility index (Phi) is 5.42. The molecule has 1 N–H and O–H groups in total. The lowest BCUT2D eigenvalue weighted by atomic mass is 9.97. The van der Waals surface area contributed by atoms with Crippen LogP contribution in [0.2, 0.25) is 0 Å². The molecular formula is C24H18F3N3O. The van der Waals surface area contributed by atoms with E-state index in [0.717, 1.165) is 10.9 Å². The lowest BCUT2D eigenvalue weighted by Crippen LogP contribution is -2.25. The Hall–Kier alpha value is -3.74. The first-order valence-electron chi connectivity index (χ1n) is 9.58. The summed E-state index contributed by atoms with van der Waals surface area (Å²) in [5.74, 6) is -0.497. The van der Waals surface area contributed by atoms with Crippen LogP contribution in [-0.4, -0.2) is 15.9 Å². The lowest BCUT2D eigenvalue weighted by molar-refractivity contribution is -0.138. The van der Waals surface area contributed by atoms with E-state index in [2.05, 4.69) is 15.3 Å². The first kappa shape index (κ1) is 20.5. The Balaban J connectivity index is 1.64. The molecule has 156 valence electrons. The van der Waals surface area contributed by atoms with Crippen LogP contribution in [0.15, 0.2) is 73.1 Å². The molecule has 0 radical (unpaired) electrons. The maximum atomic E-state index is 14.0. The number of rotatable bonds is 4. The first-order chi connectivity index (χ1) is 14.8. The summed E-state index contributed by atoms with van der Waals surface area (Å²) in [5, 5.41) is 3.42. The van der Waals surface area contributed by atoms with Crippen LogP contribution in [-0.2, 0) is 12.7 Å². The fraction of sp³-hybridized carbons (Fsp3) is 0.125. The first-order valence-corrected chi connectivity index (χ1v) is 9.58. The van der Waals surface area contributed by atoms with Crippen molar-refractivity contribution in [1.82, 2.24) is 15.3 Å². The molecule has 0 bridgehead atoms. The van der Waals surface area contributed by atoms with Gasteiger partial charge in [0.1, 0.15) is 0 Å². The highest BCUT2D eigenvalue weighted by Gasteiger charge is 2.37. The highest BCUT2D eigenvalue weighted by Crippen LogP contribution is 2.38. The molecular weight excluding hydrogens is 403 g/mol. The number of hydrogen-bond acceptors (Lipinski definition) is 3. The lowest BCUT2D eigenvalue weighted by Gasteiger charge is -2.17. The maximum Gasteiger partial charge on any atom is 0.418 e. The van der Waals surface area contributed by atoms with E-state index in [4.69, 9.17) is 0 Å². The predicted molar refractivity (Wildman–Crippen MR) is 112 cm³/mol. The molecule has 0 unspecified atom stereocenters. The van der Waals surface area contributed by atoms with Crippen molar-refractivity contribution >= 4 is 16.8 Å². The summed E-state index contributed by atoms with van der Waals surface area (Å²) in [6, 6.07) is 16.8. The van der Waals surface area contributed by atoms with E-state index in [0.29, 0.717) is 16.6 Å². The number of pyridine rings is 2. The van der Waals surface area contributed by atoms with Crippen LogP contribution in [0.25, 0.3) is 22.0 Å². The monoisotopic (exact) mass is 421 g/mol. The second kappa shape index (κ2) is 8.18. The maximum absolute atomic E-state index is 14.0. The van der Waals surface area contributed by atoms with E-state index < -0.39 is 17.6 Å². The minimum Gasteiger partial charge on any atom is -0.346 e. The molecule has 1 amide bonds. The highest BCUT2D eigenvalue weighted by atomic mass is 19.4. The minimum absolute atomic E-state index is 0.0327. The van der Waals surface area contributed by atoms with Crippen molar-refractivity contribution < 1.29 is 18.0 Å². The zero-order valence-corrected chi connectivity index (χ0v) is 16.6. The number of aromatic nitrogens is 2. The van der Waals surface area contributed by atoms with E-state index in [1.165, 1.54) is 12.3 Å². The molecule has 2 heterocycles. The molecule has 2 aromatic heterocycles. The van der Waals surface area contributed by atoms with Crippen molar-refractivity contribution in [1.29, 1.82) is 0 Å². The second-order valence-electron chi connectivity index (χ2n) is 7.14. The summed E-state index contributed by atoms with van der Waals surface area (Å²) < 4.78 is 41.9. The summed E-state index contributed by atoms with van der Waals surface area (Å²) in [4.78, 5) is 20.7. The number of halogens is 3. The van der Waals surface area contributed by atoms with Gasteiger partial charge >= 0.3 is 6.18 Å². The zero-order chi connectivity index (χ0) is 22.0. The molecule has 0 aliphatic heterocycles. The molecule has 4 aromatic rings. The van der Waals surface area contributed by atoms with Gasteiger partial charge in [0.05, 0.1) is 23.3 Å². The molecule has 4 nitrogen and oxygen atoms in total. The van der Waals surface area contributed by atoms with Gasteiger partial charge in [-0.05, 0) is 42.3 Å². The smallest absolute Gasteiger partial charge is 0.346 e. The number of carbonyl (C=O) groups excluding carboxylic acids is 1. The standard InChI is InChI=1S/C24H18F3N3O/c1-15-4-2-5-17(12-15)19-9-11-29-21(22(19)24(25,26)27)14-30-23(31)18-8-7-16-6-3-10-28-20(16)13-18/h2-13H,14H2,1H3,(H,30,31). The van der Waals surface area contributed by atoms with Gasteiger partial charge in [-0.3, -0.25) is 14.8 Å². The summed E-state index contributed by atoms with van der Waals surface area (Å²) in [7, 11) is 0. The molecule has 0 atom stereocenters. The van der Waals surface area contributed by atoms with Crippen molar-refractivity contribution in [2.24, 2.45) is 0 Å². The Labute approximate surface area is 176 Å². The molecule has 0 spiro atoms. The minimum atomic E-state index is -4.62. The van der Waals surface area contributed by atoms with Crippen molar-refractivity contribution in [2.45, 2.75) is 19.6 Å². The van der Waals surface area contributed by atoms with Crippen molar-refractivity contribution in [3.05, 3.63) is 95.4 Å². The van der Waals surface area contributed by atoms with Gasteiger partial charge in [-0.2, -0.15) is 13.2 Å². The molecule has 0 aliphatic carbocycles. The third kappa shape index (κ3) is 4.40. The average molecular weight is 421 g/mol. The Bertz CT molecular complexity index is 1270. The molecule has 4 rings (SSSR count). The number of alkyl halides is 3. The number of fused-ring (bicyclic) bond motifs is 1. The Morgan fingerprint density at radius 1 is 0.968 bits per heavy atom. The summed E-state index contributed by atoms with van der Waals surface area (Å²) >= 11 is 0. The van der Waals surface area contributed by atoms with Gasteiger partial charge < -0.3 is 5.32 Å². The molecule has 0 aliphatic rings. The van der Waals surface area contributed by atoms with Crippen LogP contribution in [0.3, 0.4) is 0 Å².